The van der Waals surface area contributed by atoms with E-state index in [2.05, 4.69) is 16.4 Å². The average molecular weight is 248 g/mol. The van der Waals surface area contributed by atoms with Crippen LogP contribution in [-0.2, 0) is 0 Å². The highest BCUT2D eigenvalue weighted by Crippen LogP contribution is 2.49. The molecule has 0 bridgehead atoms. The maximum absolute atomic E-state index is 8.93. The van der Waals surface area contributed by atoms with Crippen molar-refractivity contribution in [3.05, 3.63) is 24.0 Å². The van der Waals surface area contributed by atoms with Gasteiger partial charge < -0.3 is 15.2 Å². The molecule has 0 aromatic carbocycles. The summed E-state index contributed by atoms with van der Waals surface area (Å²) in [6, 6.07) is 2.62. The largest absolute Gasteiger partial charge is 0.490 e. The second kappa shape index (κ2) is 5.24. The topological polar surface area (TPSA) is 54.4 Å². The van der Waals surface area contributed by atoms with Crippen LogP contribution in [0.3, 0.4) is 0 Å². The predicted molar refractivity (Wildman–Crippen MR) is 68.7 cm³/mol. The van der Waals surface area contributed by atoms with Crippen LogP contribution in [0.4, 0.5) is 0 Å². The van der Waals surface area contributed by atoms with Crippen molar-refractivity contribution in [3.8, 4) is 5.75 Å². The Hall–Kier alpha value is -1.13. The number of rotatable bonds is 6. The van der Waals surface area contributed by atoms with Crippen molar-refractivity contribution >= 4 is 0 Å². The molecule has 0 amide bonds. The van der Waals surface area contributed by atoms with Crippen LogP contribution in [0.5, 0.6) is 5.75 Å². The normalized spacial score (nSPS) is 29.7. The first-order chi connectivity index (χ1) is 8.86. The van der Waals surface area contributed by atoms with Gasteiger partial charge in [0.1, 0.15) is 12.4 Å². The Kier molecular flexibility index (Phi) is 3.48. The Labute approximate surface area is 107 Å². The van der Waals surface area contributed by atoms with E-state index in [0.717, 1.165) is 25.3 Å². The molecular formula is C14H20N2O2. The molecule has 0 radical (unpaired) electrons. The van der Waals surface area contributed by atoms with Gasteiger partial charge in [0.05, 0.1) is 6.20 Å². The van der Waals surface area contributed by atoms with Gasteiger partial charge in [-0.05, 0) is 49.3 Å². The van der Waals surface area contributed by atoms with E-state index in [9.17, 15) is 0 Å². The average Bonchev–Trinajstić information content (AvgIpc) is 3.07. The molecule has 4 heteroatoms. The smallest absolute Gasteiger partial charge is 0.137 e. The molecule has 2 fully saturated rings. The van der Waals surface area contributed by atoms with Gasteiger partial charge in [-0.3, -0.25) is 4.98 Å². The number of nitrogens with zero attached hydrogens (tertiary/aromatic N) is 1. The summed E-state index contributed by atoms with van der Waals surface area (Å²) in [4.78, 5) is 4.25. The van der Waals surface area contributed by atoms with Gasteiger partial charge in [0.2, 0.25) is 0 Å². The molecule has 1 aromatic rings. The van der Waals surface area contributed by atoms with Gasteiger partial charge in [-0.25, -0.2) is 0 Å². The van der Waals surface area contributed by atoms with Gasteiger partial charge in [0.25, 0.3) is 0 Å². The van der Waals surface area contributed by atoms with Gasteiger partial charge in [-0.2, -0.15) is 0 Å². The maximum atomic E-state index is 8.93. The molecule has 0 spiro atoms. The van der Waals surface area contributed by atoms with Crippen molar-refractivity contribution in [1.82, 2.24) is 10.3 Å². The molecule has 2 aliphatic rings. The Morgan fingerprint density at radius 3 is 3.06 bits per heavy atom. The van der Waals surface area contributed by atoms with Crippen LogP contribution < -0.4 is 10.1 Å². The van der Waals surface area contributed by atoms with Crippen molar-refractivity contribution < 1.29 is 9.84 Å². The molecule has 1 aliphatic heterocycles. The first-order valence-electron chi connectivity index (χ1n) is 6.79. The Morgan fingerprint density at radius 1 is 1.44 bits per heavy atom. The highest BCUT2D eigenvalue weighted by Gasteiger charge is 2.37. The monoisotopic (exact) mass is 248 g/mol. The highest BCUT2D eigenvalue weighted by atomic mass is 16.5. The first kappa shape index (κ1) is 11.9. The summed E-state index contributed by atoms with van der Waals surface area (Å²) in [5.41, 5.74) is 1.26. The van der Waals surface area contributed by atoms with Crippen LogP contribution >= 0.6 is 0 Å². The molecule has 1 aliphatic carbocycles. The third-order valence-corrected chi connectivity index (χ3v) is 3.96. The van der Waals surface area contributed by atoms with E-state index < -0.39 is 0 Å². The fourth-order valence-corrected chi connectivity index (χ4v) is 2.55. The molecule has 18 heavy (non-hydrogen) atoms. The number of aliphatic hydroxyl groups is 1. The first-order valence-corrected chi connectivity index (χ1v) is 6.79. The van der Waals surface area contributed by atoms with E-state index >= 15 is 0 Å². The van der Waals surface area contributed by atoms with E-state index in [1.165, 1.54) is 18.4 Å². The van der Waals surface area contributed by atoms with Crippen molar-refractivity contribution in [3.63, 3.8) is 0 Å². The minimum Gasteiger partial charge on any atom is -0.490 e. The summed E-state index contributed by atoms with van der Waals surface area (Å²) in [5.74, 6) is 2.09. The third-order valence-electron chi connectivity index (χ3n) is 3.96. The van der Waals surface area contributed by atoms with Crippen LogP contribution in [0.15, 0.2) is 18.5 Å². The van der Waals surface area contributed by atoms with Crippen LogP contribution in [0.2, 0.25) is 0 Å². The lowest BCUT2D eigenvalue weighted by atomic mass is 10.1. The van der Waals surface area contributed by atoms with Crippen LogP contribution in [-0.4, -0.2) is 35.9 Å². The number of ether oxygens (including phenoxy) is 1. The van der Waals surface area contributed by atoms with E-state index in [-0.39, 0.29) is 6.61 Å². The van der Waals surface area contributed by atoms with Gasteiger partial charge in [-0.1, -0.05) is 0 Å². The second-order valence-electron chi connectivity index (χ2n) is 5.32. The van der Waals surface area contributed by atoms with E-state index in [1.807, 2.05) is 6.20 Å². The molecule has 1 saturated heterocycles. The summed E-state index contributed by atoms with van der Waals surface area (Å²) < 4.78 is 5.75. The summed E-state index contributed by atoms with van der Waals surface area (Å²) in [5, 5.41) is 12.2. The standard InChI is InChI=1S/C14H20N2O2/c17-4-2-10-6-14(10)11-5-13(8-15-7-11)18-9-12-1-3-16-12/h5,7-8,10,12,14,16-17H,1-4,6,9H2/t10?,12-,14+/m0/s1. The van der Waals surface area contributed by atoms with Gasteiger partial charge in [-0.15, -0.1) is 0 Å². The zero-order chi connectivity index (χ0) is 12.4. The number of nitrogens with one attached hydrogen (secondary N) is 1. The lowest BCUT2D eigenvalue weighted by Crippen LogP contribution is -2.46. The summed E-state index contributed by atoms with van der Waals surface area (Å²) in [7, 11) is 0. The second-order valence-corrected chi connectivity index (χ2v) is 5.32. The number of aliphatic hydroxyl groups excluding tert-OH is 1. The SMILES string of the molecule is OCCC1C[C@H]1c1cncc(OC[C@@H]2CCN2)c1. The molecule has 1 unspecified atom stereocenters. The van der Waals surface area contributed by atoms with Crippen molar-refractivity contribution in [2.75, 3.05) is 19.8 Å². The van der Waals surface area contributed by atoms with Crippen LogP contribution in [0, 0.1) is 5.92 Å². The molecule has 1 aromatic heterocycles. The molecule has 2 heterocycles. The summed E-state index contributed by atoms with van der Waals surface area (Å²) in [6.07, 6.45) is 6.99. The van der Waals surface area contributed by atoms with Crippen molar-refractivity contribution in [2.24, 2.45) is 5.92 Å². The predicted octanol–water partition coefficient (Wildman–Crippen LogP) is 1.31. The number of pyridine rings is 1. The van der Waals surface area contributed by atoms with Crippen LogP contribution in [0.25, 0.3) is 0 Å². The quantitative estimate of drug-likeness (QED) is 0.797. The Balaban J connectivity index is 1.55. The van der Waals surface area contributed by atoms with E-state index in [0.29, 0.717) is 17.9 Å². The minimum absolute atomic E-state index is 0.290. The number of hydrogen-bond donors (Lipinski definition) is 2. The number of hydrogen-bond acceptors (Lipinski definition) is 4. The fourth-order valence-electron chi connectivity index (χ4n) is 2.55. The zero-order valence-corrected chi connectivity index (χ0v) is 10.5. The molecule has 3 rings (SSSR count). The molecule has 98 valence electrons. The summed E-state index contributed by atoms with van der Waals surface area (Å²) in [6.45, 7) is 2.13. The van der Waals surface area contributed by atoms with Crippen molar-refractivity contribution in [2.45, 2.75) is 31.2 Å². The number of aromatic nitrogens is 1. The van der Waals surface area contributed by atoms with E-state index in [4.69, 9.17) is 9.84 Å². The van der Waals surface area contributed by atoms with Crippen LogP contribution in [0.1, 0.15) is 30.7 Å². The Bertz CT molecular complexity index is 407. The van der Waals surface area contributed by atoms with Gasteiger partial charge >= 0.3 is 0 Å². The lowest BCUT2D eigenvalue weighted by molar-refractivity contribution is 0.216. The molecular weight excluding hydrogens is 228 g/mol. The lowest BCUT2D eigenvalue weighted by Gasteiger charge is -2.27. The van der Waals surface area contributed by atoms with Gasteiger partial charge in [0.15, 0.2) is 0 Å². The molecule has 3 atom stereocenters. The zero-order valence-electron chi connectivity index (χ0n) is 10.5. The third kappa shape index (κ3) is 2.65. The molecule has 1 saturated carbocycles. The molecule has 2 N–H and O–H groups in total. The highest BCUT2D eigenvalue weighted by molar-refractivity contribution is 5.30. The van der Waals surface area contributed by atoms with E-state index in [1.54, 1.807) is 6.20 Å². The van der Waals surface area contributed by atoms with Gasteiger partial charge in [0, 0.05) is 18.8 Å². The Morgan fingerprint density at radius 2 is 2.33 bits per heavy atom. The molecule has 4 nitrogen and oxygen atoms in total. The summed E-state index contributed by atoms with van der Waals surface area (Å²) >= 11 is 0. The fraction of sp³-hybridized carbons (Fsp3) is 0.643. The maximum Gasteiger partial charge on any atom is 0.137 e. The minimum atomic E-state index is 0.290. The van der Waals surface area contributed by atoms with Crippen molar-refractivity contribution in [1.29, 1.82) is 0 Å².